The van der Waals surface area contributed by atoms with Gasteiger partial charge in [-0.15, -0.1) is 11.3 Å². The number of hydrogen-bond acceptors (Lipinski definition) is 5. The van der Waals surface area contributed by atoms with Crippen LogP contribution in [-0.4, -0.2) is 40.3 Å². The molecule has 4 rings (SSSR count). The molecule has 1 aromatic heterocycles. The molecule has 0 saturated carbocycles. The number of nitrogens with one attached hydrogen (secondary N) is 1. The highest BCUT2D eigenvalue weighted by molar-refractivity contribution is 7.16. The van der Waals surface area contributed by atoms with Gasteiger partial charge in [0.2, 0.25) is 0 Å². The maximum Gasteiger partial charge on any atom is 0.253 e. The van der Waals surface area contributed by atoms with Gasteiger partial charge < -0.3 is 5.32 Å². The minimum Gasteiger partial charge on any atom is -0.313 e. The highest BCUT2D eigenvalue weighted by Gasteiger charge is 2.44. The average molecular weight is 314 g/mol. The molecule has 1 fully saturated rings. The van der Waals surface area contributed by atoms with Crippen LogP contribution in [0.5, 0.6) is 0 Å². The predicted molar refractivity (Wildman–Crippen MR) is 88.1 cm³/mol. The largest absolute Gasteiger partial charge is 0.313 e. The lowest BCUT2D eigenvalue weighted by Gasteiger charge is -2.35. The Labute approximate surface area is 133 Å². The summed E-state index contributed by atoms with van der Waals surface area (Å²) in [5.41, 5.74) is 3.80. The highest BCUT2D eigenvalue weighted by atomic mass is 32.1. The first-order chi connectivity index (χ1) is 10.7. The van der Waals surface area contributed by atoms with Crippen LogP contribution in [0.4, 0.5) is 0 Å². The van der Waals surface area contributed by atoms with E-state index in [1.165, 1.54) is 10.3 Å². The number of likely N-dealkylation sites (tertiary alicyclic amines) is 1. The van der Waals surface area contributed by atoms with Crippen LogP contribution in [0, 0.1) is 0 Å². The van der Waals surface area contributed by atoms with Crippen LogP contribution in [0.25, 0.3) is 10.2 Å². The van der Waals surface area contributed by atoms with Crippen molar-refractivity contribution >= 4 is 33.3 Å². The molecule has 2 aliphatic rings. The summed E-state index contributed by atoms with van der Waals surface area (Å²) in [6, 6.07) is 6.30. The number of carbonyl (C=O) groups is 1. The summed E-state index contributed by atoms with van der Waals surface area (Å²) in [5.74, 6) is 0.835. The third kappa shape index (κ3) is 2.23. The number of rotatable bonds is 2. The van der Waals surface area contributed by atoms with Crippen LogP contribution >= 0.6 is 11.3 Å². The molecule has 0 aliphatic carbocycles. The minimum atomic E-state index is -0.503. The summed E-state index contributed by atoms with van der Waals surface area (Å²) in [5, 5.41) is 2.85. The molecule has 3 heterocycles. The molecular weight excluding hydrogens is 296 g/mol. The molecule has 1 amide bonds. The van der Waals surface area contributed by atoms with E-state index in [0.29, 0.717) is 0 Å². The lowest BCUT2D eigenvalue weighted by Crippen LogP contribution is -2.48. The van der Waals surface area contributed by atoms with Crippen molar-refractivity contribution in [1.82, 2.24) is 15.2 Å². The van der Waals surface area contributed by atoms with Crippen molar-refractivity contribution in [3.8, 4) is 0 Å². The first-order valence-corrected chi connectivity index (χ1v) is 8.46. The van der Waals surface area contributed by atoms with E-state index < -0.39 is 5.54 Å². The van der Waals surface area contributed by atoms with Gasteiger partial charge in [0.05, 0.1) is 15.7 Å². The third-order valence-electron chi connectivity index (χ3n) is 4.61. The van der Waals surface area contributed by atoms with E-state index in [9.17, 15) is 4.79 Å². The summed E-state index contributed by atoms with van der Waals surface area (Å²) in [6.45, 7) is 4.59. The zero-order valence-corrected chi connectivity index (χ0v) is 13.3. The fraction of sp³-hybridized carbons (Fsp3) is 0.438. The smallest absolute Gasteiger partial charge is 0.253 e. The van der Waals surface area contributed by atoms with Gasteiger partial charge in [-0.3, -0.25) is 14.7 Å². The molecule has 1 saturated heterocycles. The first-order valence-electron chi connectivity index (χ1n) is 7.58. The summed E-state index contributed by atoms with van der Waals surface area (Å²) in [6.07, 6.45) is 1.60. The van der Waals surface area contributed by atoms with Crippen molar-refractivity contribution in [3.63, 3.8) is 0 Å². The number of thiazole rings is 1. The zero-order chi connectivity index (χ0) is 15.2. The quantitative estimate of drug-likeness (QED) is 0.924. The van der Waals surface area contributed by atoms with Crippen molar-refractivity contribution in [1.29, 1.82) is 0 Å². The number of carbonyl (C=O) groups excluding carboxylic acids is 1. The number of amides is 1. The van der Waals surface area contributed by atoms with Gasteiger partial charge in [-0.1, -0.05) is 12.1 Å². The molecule has 2 aromatic rings. The molecule has 6 heteroatoms. The summed E-state index contributed by atoms with van der Waals surface area (Å²) in [4.78, 5) is 23.5. The molecule has 1 aromatic carbocycles. The van der Waals surface area contributed by atoms with Crippen molar-refractivity contribution in [2.45, 2.75) is 31.8 Å². The fourth-order valence-corrected chi connectivity index (χ4v) is 4.21. The van der Waals surface area contributed by atoms with Gasteiger partial charge in [0.1, 0.15) is 11.4 Å². The van der Waals surface area contributed by atoms with Gasteiger partial charge in [-0.25, -0.2) is 4.98 Å². The summed E-state index contributed by atoms with van der Waals surface area (Å²) in [7, 11) is 0. The Morgan fingerprint density at radius 2 is 2.18 bits per heavy atom. The van der Waals surface area contributed by atoms with Gasteiger partial charge in [0.25, 0.3) is 5.91 Å². The molecule has 2 aliphatic heterocycles. The Morgan fingerprint density at radius 3 is 2.91 bits per heavy atom. The van der Waals surface area contributed by atoms with E-state index in [2.05, 4.69) is 38.4 Å². The van der Waals surface area contributed by atoms with E-state index in [1.54, 1.807) is 11.3 Å². The van der Waals surface area contributed by atoms with Crippen molar-refractivity contribution in [2.24, 2.45) is 4.99 Å². The Morgan fingerprint density at radius 1 is 1.36 bits per heavy atom. The van der Waals surface area contributed by atoms with E-state index >= 15 is 0 Å². The van der Waals surface area contributed by atoms with Crippen LogP contribution in [-0.2, 0) is 11.3 Å². The number of benzene rings is 1. The maximum absolute atomic E-state index is 12.1. The number of piperidine rings is 1. The number of aliphatic imine (C=N–C) groups is 1. The maximum atomic E-state index is 12.1. The second-order valence-electron chi connectivity index (χ2n) is 6.08. The van der Waals surface area contributed by atoms with Crippen LogP contribution in [0.1, 0.15) is 25.3 Å². The number of amidine groups is 1. The van der Waals surface area contributed by atoms with Gasteiger partial charge in [0, 0.05) is 19.6 Å². The highest BCUT2D eigenvalue weighted by Crippen LogP contribution is 2.31. The Bertz CT molecular complexity index is 758. The lowest BCUT2D eigenvalue weighted by atomic mass is 9.88. The predicted octanol–water partition coefficient (Wildman–Crippen LogP) is 2.18. The summed E-state index contributed by atoms with van der Waals surface area (Å²) < 4.78 is 1.27. The molecule has 114 valence electrons. The second kappa shape index (κ2) is 5.14. The number of nitrogens with zero attached hydrogens (tertiary/aromatic N) is 3. The Balaban J connectivity index is 1.49. The molecule has 0 unspecified atom stereocenters. The van der Waals surface area contributed by atoms with Crippen molar-refractivity contribution in [3.05, 3.63) is 29.3 Å². The lowest BCUT2D eigenvalue weighted by molar-refractivity contribution is -0.125. The van der Waals surface area contributed by atoms with E-state index in [4.69, 9.17) is 0 Å². The SMILES string of the molecule is CC1=NC2(CCN(Cc3cccc4ncsc34)CC2)C(=O)N1. The van der Waals surface area contributed by atoms with Gasteiger partial charge in [-0.2, -0.15) is 0 Å². The van der Waals surface area contributed by atoms with Crippen LogP contribution in [0.2, 0.25) is 0 Å². The van der Waals surface area contributed by atoms with Crippen molar-refractivity contribution in [2.75, 3.05) is 13.1 Å². The average Bonchev–Trinajstić information content (AvgIpc) is 3.08. The molecule has 5 nitrogen and oxygen atoms in total. The number of hydrogen-bond donors (Lipinski definition) is 1. The Kier molecular flexibility index (Phi) is 3.23. The molecular formula is C16H18N4OS. The minimum absolute atomic E-state index is 0.0780. The van der Waals surface area contributed by atoms with E-state index in [1.807, 2.05) is 12.4 Å². The first kappa shape index (κ1) is 13.8. The molecule has 1 spiro atoms. The molecule has 0 bridgehead atoms. The van der Waals surface area contributed by atoms with Gasteiger partial charge >= 0.3 is 0 Å². The number of aromatic nitrogens is 1. The van der Waals surface area contributed by atoms with Crippen LogP contribution in [0.15, 0.2) is 28.7 Å². The topological polar surface area (TPSA) is 57.6 Å². The zero-order valence-electron chi connectivity index (χ0n) is 12.5. The van der Waals surface area contributed by atoms with Crippen LogP contribution < -0.4 is 5.32 Å². The molecule has 0 radical (unpaired) electrons. The normalized spacial score (nSPS) is 21.3. The molecule has 0 atom stereocenters. The Hall–Kier alpha value is -1.79. The monoisotopic (exact) mass is 314 g/mol. The fourth-order valence-electron chi connectivity index (χ4n) is 3.41. The standard InChI is InChI=1S/C16H18N4OS/c1-11-18-15(21)16(19-11)5-7-20(8-6-16)9-12-3-2-4-13-14(12)22-10-17-13/h2-4,10H,5-9H2,1H3,(H,18,19,21). The summed E-state index contributed by atoms with van der Waals surface area (Å²) >= 11 is 1.70. The van der Waals surface area contributed by atoms with Crippen molar-refractivity contribution < 1.29 is 4.79 Å². The van der Waals surface area contributed by atoms with E-state index in [-0.39, 0.29) is 5.91 Å². The molecule has 1 N–H and O–H groups in total. The van der Waals surface area contributed by atoms with Crippen LogP contribution in [0.3, 0.4) is 0 Å². The molecule has 22 heavy (non-hydrogen) atoms. The van der Waals surface area contributed by atoms with E-state index in [0.717, 1.165) is 43.8 Å². The second-order valence-corrected chi connectivity index (χ2v) is 6.93. The third-order valence-corrected chi connectivity index (χ3v) is 5.53. The van der Waals surface area contributed by atoms with Gasteiger partial charge in [0.15, 0.2) is 0 Å². The van der Waals surface area contributed by atoms with Gasteiger partial charge in [-0.05, 0) is 31.4 Å². The number of fused-ring (bicyclic) bond motifs is 1.